The quantitative estimate of drug-likeness (QED) is 0.0192. The van der Waals surface area contributed by atoms with E-state index in [0.717, 1.165) is 115 Å². The first kappa shape index (κ1) is 63.8. The van der Waals surface area contributed by atoms with E-state index in [0.29, 0.717) is 51.3 Å². The molecule has 9 heteroatoms. The van der Waals surface area contributed by atoms with Gasteiger partial charge < -0.3 is 10.1 Å². The van der Waals surface area contributed by atoms with E-state index in [1.54, 1.807) is 6.07 Å². The molecule has 8 nitrogen and oxygen atoms in total. The zero-order chi connectivity index (χ0) is 59.6. The molecular formula is C77H84BN6O2. The number of hydrogen-bond acceptors (Lipinski definition) is 8. The number of rotatable bonds is 25. The number of aryl methyl sites for hydroxylation is 2. The Bertz CT molecular complexity index is 3480. The van der Waals surface area contributed by atoms with Gasteiger partial charge in [-0.15, -0.1) is 6.58 Å². The second-order valence-electron chi connectivity index (χ2n) is 22.5. The van der Waals surface area contributed by atoms with Crippen LogP contribution in [0.4, 0.5) is 0 Å². The number of fused-ring (bicyclic) bond motifs is 2. The third-order valence-electron chi connectivity index (χ3n) is 15.3. The molecule has 3 aromatic heterocycles. The van der Waals surface area contributed by atoms with Gasteiger partial charge in [-0.1, -0.05) is 178 Å². The third kappa shape index (κ3) is 23.7. The second-order valence-corrected chi connectivity index (χ2v) is 22.5. The van der Waals surface area contributed by atoms with Crippen LogP contribution in [0.25, 0.3) is 5.76 Å². The van der Waals surface area contributed by atoms with Crippen molar-refractivity contribution in [3.05, 3.63) is 250 Å². The zero-order valence-corrected chi connectivity index (χ0v) is 50.5. The fourth-order valence-corrected chi connectivity index (χ4v) is 10.7. The molecule has 0 spiro atoms. The minimum absolute atomic E-state index is 0.101. The van der Waals surface area contributed by atoms with E-state index in [9.17, 15) is 10.1 Å². The van der Waals surface area contributed by atoms with Crippen LogP contribution < -0.4 is 0 Å². The molecule has 0 fully saturated rings. The number of nitrogens with zero attached hydrogens (tertiary/aromatic N) is 6. The standard InChI is InChI=1S/C77H84BN6O2/c1-3-49-82-50-51-83(61-76-56-71(57-77(81-76)63(2)85)48-46-69-43-39-67(40-44-69)34-21-15-11-7-5-9-13-19-28-65-31-24-17-25-32-65)52-53-84(60-73-36-26-35-72(59-82)79-73)62-75-55-70(54-74(80-75)58-78-86)47-45-68-41-37-66(38-42-68)33-20-14-10-6-4-8-12-18-27-64-29-22-16-23-30-64/h3,16-17,22-26,29-32,35-44,54-57,85-86H,1-2,4-15,18-19,27-28,49-53,58-62H2. The number of pyridine rings is 3. The van der Waals surface area contributed by atoms with Crippen molar-refractivity contribution in [3.63, 3.8) is 0 Å². The molecule has 86 heavy (non-hydrogen) atoms. The fourth-order valence-electron chi connectivity index (χ4n) is 10.7. The normalized spacial score (nSPS) is 12.8. The smallest absolute Gasteiger partial charge is 0.293 e. The number of unbranched alkanes of at least 4 members (excludes halogenated alkanes) is 12. The Kier molecular flexibility index (Phi) is 27.1. The monoisotopic (exact) mass is 1140 g/mol. The molecule has 8 rings (SSSR count). The maximum absolute atomic E-state index is 10.7. The van der Waals surface area contributed by atoms with Crippen molar-refractivity contribution >= 4 is 13.2 Å². The largest absolute Gasteiger partial charge is 0.506 e. The van der Waals surface area contributed by atoms with Gasteiger partial charge in [-0.3, -0.25) is 24.7 Å². The Morgan fingerprint density at radius 2 is 0.884 bits per heavy atom. The first-order chi connectivity index (χ1) is 42.3. The topological polar surface area (TPSA) is 88.9 Å². The highest BCUT2D eigenvalue weighted by molar-refractivity contribution is 6.24. The summed E-state index contributed by atoms with van der Waals surface area (Å²) in [5.74, 6) is 26.8. The van der Waals surface area contributed by atoms with Crippen LogP contribution in [0.1, 0.15) is 169 Å². The number of aromatic nitrogens is 3. The van der Waals surface area contributed by atoms with Gasteiger partial charge in [-0.05, 0) is 141 Å². The van der Waals surface area contributed by atoms with Crippen LogP contribution in [-0.4, -0.2) is 80.0 Å². The number of hydrogen-bond donors (Lipinski definition) is 2. The van der Waals surface area contributed by atoms with Crippen LogP contribution in [0.15, 0.2) is 171 Å². The predicted octanol–water partition coefficient (Wildman–Crippen LogP) is 14.5. The van der Waals surface area contributed by atoms with E-state index >= 15 is 0 Å². The van der Waals surface area contributed by atoms with E-state index in [1.807, 2.05) is 66.7 Å². The van der Waals surface area contributed by atoms with Crippen LogP contribution >= 0.6 is 0 Å². The molecule has 1 aliphatic heterocycles. The summed E-state index contributed by atoms with van der Waals surface area (Å²) in [4.78, 5) is 22.2. The Morgan fingerprint density at radius 3 is 1.41 bits per heavy atom. The van der Waals surface area contributed by atoms with E-state index in [1.165, 1.54) is 88.2 Å². The van der Waals surface area contributed by atoms with E-state index in [2.05, 4.69) is 160 Å². The molecule has 4 aromatic carbocycles. The maximum atomic E-state index is 10.7. The third-order valence-corrected chi connectivity index (χ3v) is 15.3. The van der Waals surface area contributed by atoms with Crippen molar-refractivity contribution in [1.29, 1.82) is 0 Å². The summed E-state index contributed by atoms with van der Waals surface area (Å²) in [6.45, 7) is 14.0. The molecule has 2 N–H and O–H groups in total. The molecule has 0 saturated heterocycles. The summed E-state index contributed by atoms with van der Waals surface area (Å²) in [6, 6.07) is 51.9. The first-order valence-corrected chi connectivity index (χ1v) is 31.2. The maximum Gasteiger partial charge on any atom is 0.293 e. The molecule has 437 valence electrons. The highest BCUT2D eigenvalue weighted by atomic mass is 16.3. The number of aliphatic hydroxyl groups excluding tert-OH is 1. The van der Waals surface area contributed by atoms with Gasteiger partial charge in [-0.25, -0.2) is 4.98 Å². The van der Waals surface area contributed by atoms with Crippen LogP contribution in [0.5, 0.6) is 0 Å². The molecular weight excluding hydrogens is 1050 g/mol. The summed E-state index contributed by atoms with van der Waals surface area (Å²) in [6.07, 6.45) is 21.3. The van der Waals surface area contributed by atoms with Crippen LogP contribution in [0.2, 0.25) is 0 Å². The molecule has 4 heterocycles. The highest BCUT2D eigenvalue weighted by Gasteiger charge is 2.19. The van der Waals surface area contributed by atoms with Gasteiger partial charge in [0.05, 0.1) is 22.8 Å². The van der Waals surface area contributed by atoms with Gasteiger partial charge in [0.2, 0.25) is 0 Å². The van der Waals surface area contributed by atoms with Crippen molar-refractivity contribution in [1.82, 2.24) is 29.7 Å². The summed E-state index contributed by atoms with van der Waals surface area (Å²) >= 11 is 0. The van der Waals surface area contributed by atoms with Gasteiger partial charge in [0.15, 0.2) is 0 Å². The van der Waals surface area contributed by atoms with Crippen molar-refractivity contribution in [3.8, 4) is 47.4 Å². The lowest BCUT2D eigenvalue weighted by atomic mass is 9.92. The molecule has 2 bridgehead atoms. The average molecular weight is 1140 g/mol. The SMILES string of the molecule is C=CCN1CCN(Cc2cc(C#Cc3ccc(C#CCCCCCCCCc4ccccc4)cc3)cc(C(=C)O)n2)CCN(Cc2cc(C#Cc3ccc(C#CCCCCCCCCc4ccccc4)cc3)cc(C[B]O)n2)Cc2cccc(n2)C1. The fraction of sp³-hybridized carbons (Fsp3) is 0.338. The molecule has 0 atom stereocenters. The first-order valence-electron chi connectivity index (χ1n) is 31.2. The zero-order valence-electron chi connectivity index (χ0n) is 50.5. The Labute approximate surface area is 515 Å². The predicted molar refractivity (Wildman–Crippen MR) is 354 cm³/mol. The Morgan fingerprint density at radius 1 is 0.453 bits per heavy atom. The van der Waals surface area contributed by atoms with Gasteiger partial charge in [0.1, 0.15) is 11.5 Å². The highest BCUT2D eigenvalue weighted by Crippen LogP contribution is 2.19. The van der Waals surface area contributed by atoms with Crippen molar-refractivity contribution in [2.24, 2.45) is 0 Å². The minimum atomic E-state index is -0.101. The number of benzene rings is 4. The molecule has 0 saturated carbocycles. The molecule has 0 aliphatic carbocycles. The Balaban J connectivity index is 0.880. The van der Waals surface area contributed by atoms with Crippen molar-refractivity contribution in [2.45, 2.75) is 135 Å². The van der Waals surface area contributed by atoms with Crippen LogP contribution in [0, 0.1) is 47.4 Å². The van der Waals surface area contributed by atoms with E-state index in [4.69, 9.17) is 15.0 Å². The molecule has 7 aromatic rings. The summed E-state index contributed by atoms with van der Waals surface area (Å²) in [7, 11) is 1.15. The lowest BCUT2D eigenvalue weighted by molar-refractivity contribution is 0.160. The van der Waals surface area contributed by atoms with E-state index in [-0.39, 0.29) is 5.76 Å². The lowest BCUT2D eigenvalue weighted by Gasteiger charge is -2.31. The van der Waals surface area contributed by atoms with Gasteiger partial charge >= 0.3 is 0 Å². The molecule has 1 radical (unpaired) electrons. The summed E-state index contributed by atoms with van der Waals surface area (Å²) in [5, 5.41) is 20.6. The molecule has 1 aliphatic rings. The van der Waals surface area contributed by atoms with Gasteiger partial charge in [0.25, 0.3) is 7.48 Å². The van der Waals surface area contributed by atoms with Gasteiger partial charge in [-0.2, -0.15) is 0 Å². The Hall–Kier alpha value is -8.25. The van der Waals surface area contributed by atoms with E-state index < -0.39 is 0 Å². The van der Waals surface area contributed by atoms with Crippen molar-refractivity contribution < 1.29 is 10.1 Å². The molecule has 0 unspecified atom stereocenters. The van der Waals surface area contributed by atoms with Crippen molar-refractivity contribution in [2.75, 3.05) is 32.7 Å². The second kappa shape index (κ2) is 36.6. The minimum Gasteiger partial charge on any atom is -0.506 e. The van der Waals surface area contributed by atoms with Gasteiger partial charge in [0, 0.05) is 111 Å². The average Bonchev–Trinajstić information content (AvgIpc) is 3.73. The summed E-state index contributed by atoms with van der Waals surface area (Å²) in [5.41, 5.74) is 13.0. The lowest BCUT2D eigenvalue weighted by Crippen LogP contribution is -2.40. The molecule has 0 amide bonds. The number of aliphatic hydroxyl groups is 1. The summed E-state index contributed by atoms with van der Waals surface area (Å²) < 4.78 is 0. The van der Waals surface area contributed by atoms with Crippen LogP contribution in [-0.2, 0) is 45.3 Å². The van der Waals surface area contributed by atoms with Crippen LogP contribution in [0.3, 0.4) is 0 Å².